The number of hydrogen-bond acceptors (Lipinski definition) is 5. The maximum atomic E-state index is 10.5. The van der Waals surface area contributed by atoms with Gasteiger partial charge < -0.3 is 10.0 Å². The number of carboxylic acids is 1. The molecular formula is C9H15N3O2S. The molecule has 0 aromatic carbocycles. The first kappa shape index (κ1) is 11.9. The van der Waals surface area contributed by atoms with E-state index in [2.05, 4.69) is 23.2 Å². The van der Waals surface area contributed by atoms with Crippen LogP contribution in [0, 0.1) is 5.92 Å². The number of aromatic nitrogens is 2. The van der Waals surface area contributed by atoms with Gasteiger partial charge in [0.1, 0.15) is 12.4 Å². The number of aliphatic carboxylic acids is 1. The molecule has 0 amide bonds. The molecule has 0 saturated heterocycles. The van der Waals surface area contributed by atoms with Gasteiger partial charge in [-0.25, -0.2) is 4.98 Å². The highest BCUT2D eigenvalue weighted by molar-refractivity contribution is 7.09. The van der Waals surface area contributed by atoms with E-state index in [1.807, 2.05) is 0 Å². The third-order valence-electron chi connectivity index (χ3n) is 1.75. The summed E-state index contributed by atoms with van der Waals surface area (Å²) in [6.45, 7) is 4.15. The lowest BCUT2D eigenvalue weighted by atomic mass is 10.1. The molecule has 0 fully saturated rings. The number of anilines is 1. The first-order valence-electron chi connectivity index (χ1n) is 4.74. The summed E-state index contributed by atoms with van der Waals surface area (Å²) in [4.78, 5) is 16.3. The lowest BCUT2D eigenvalue weighted by molar-refractivity contribution is -0.135. The molecule has 0 saturated carbocycles. The fourth-order valence-electron chi connectivity index (χ4n) is 1.12. The van der Waals surface area contributed by atoms with Gasteiger partial charge >= 0.3 is 5.97 Å². The third-order valence-corrected chi connectivity index (χ3v) is 2.62. The molecule has 84 valence electrons. The molecule has 1 aromatic heterocycles. The van der Waals surface area contributed by atoms with Crippen LogP contribution in [0.15, 0.2) is 0 Å². The summed E-state index contributed by atoms with van der Waals surface area (Å²) >= 11 is 1.24. The molecule has 0 unspecified atom stereocenters. The third kappa shape index (κ3) is 3.83. The highest BCUT2D eigenvalue weighted by Crippen LogP contribution is 2.16. The Bertz CT molecular complexity index is 338. The van der Waals surface area contributed by atoms with E-state index in [4.69, 9.17) is 5.11 Å². The molecule has 6 heteroatoms. The molecule has 15 heavy (non-hydrogen) atoms. The number of rotatable bonds is 5. The molecule has 1 aromatic rings. The van der Waals surface area contributed by atoms with Gasteiger partial charge in [-0.15, -0.1) is 0 Å². The lowest BCUT2D eigenvalue weighted by Crippen LogP contribution is -2.24. The van der Waals surface area contributed by atoms with Crippen molar-refractivity contribution < 1.29 is 9.90 Å². The Morgan fingerprint density at radius 2 is 2.27 bits per heavy atom. The van der Waals surface area contributed by atoms with Gasteiger partial charge in [-0.1, -0.05) is 13.8 Å². The smallest absolute Gasteiger partial charge is 0.323 e. The molecule has 0 bridgehead atoms. The Morgan fingerprint density at radius 3 is 2.80 bits per heavy atom. The van der Waals surface area contributed by atoms with E-state index in [-0.39, 0.29) is 6.54 Å². The van der Waals surface area contributed by atoms with Crippen molar-refractivity contribution in [3.05, 3.63) is 5.82 Å². The van der Waals surface area contributed by atoms with Crippen LogP contribution in [-0.2, 0) is 11.2 Å². The molecule has 5 nitrogen and oxygen atoms in total. The van der Waals surface area contributed by atoms with Gasteiger partial charge in [0.15, 0.2) is 0 Å². The Hall–Kier alpha value is -1.17. The maximum absolute atomic E-state index is 10.5. The fourth-order valence-corrected chi connectivity index (χ4v) is 1.77. The second-order valence-electron chi connectivity index (χ2n) is 3.84. The fraction of sp³-hybridized carbons (Fsp3) is 0.667. The minimum atomic E-state index is -0.863. The van der Waals surface area contributed by atoms with E-state index in [1.165, 1.54) is 11.5 Å². The quantitative estimate of drug-likeness (QED) is 0.823. The van der Waals surface area contributed by atoms with Crippen molar-refractivity contribution >= 4 is 22.6 Å². The van der Waals surface area contributed by atoms with Crippen LogP contribution in [0.25, 0.3) is 0 Å². The number of nitrogens with zero attached hydrogens (tertiary/aromatic N) is 3. The summed E-state index contributed by atoms with van der Waals surface area (Å²) in [5, 5.41) is 9.27. The first-order valence-corrected chi connectivity index (χ1v) is 5.52. The van der Waals surface area contributed by atoms with E-state index in [1.54, 1.807) is 11.9 Å². The predicted octanol–water partition coefficient (Wildman–Crippen LogP) is 1.26. The Kier molecular flexibility index (Phi) is 4.02. The van der Waals surface area contributed by atoms with Crippen LogP contribution in [-0.4, -0.2) is 34.0 Å². The molecule has 0 aliphatic carbocycles. The Morgan fingerprint density at radius 1 is 1.60 bits per heavy atom. The van der Waals surface area contributed by atoms with E-state index < -0.39 is 5.97 Å². The molecule has 1 rings (SSSR count). The zero-order valence-corrected chi connectivity index (χ0v) is 9.91. The van der Waals surface area contributed by atoms with Crippen molar-refractivity contribution in [1.82, 2.24) is 9.36 Å². The van der Waals surface area contributed by atoms with Crippen molar-refractivity contribution in [3.63, 3.8) is 0 Å². The van der Waals surface area contributed by atoms with Crippen molar-refractivity contribution in [2.75, 3.05) is 18.5 Å². The summed E-state index contributed by atoms with van der Waals surface area (Å²) < 4.78 is 4.18. The van der Waals surface area contributed by atoms with E-state index in [0.717, 1.165) is 12.2 Å². The van der Waals surface area contributed by atoms with Gasteiger partial charge in [-0.05, 0) is 5.92 Å². The molecule has 1 N–H and O–H groups in total. The number of carbonyl (C=O) groups is 1. The summed E-state index contributed by atoms with van der Waals surface area (Å²) in [6, 6.07) is 0. The second-order valence-corrected chi connectivity index (χ2v) is 4.57. The van der Waals surface area contributed by atoms with E-state index in [0.29, 0.717) is 11.0 Å². The van der Waals surface area contributed by atoms with Crippen molar-refractivity contribution in [1.29, 1.82) is 0 Å². The summed E-state index contributed by atoms with van der Waals surface area (Å²) in [6.07, 6.45) is 0.831. The van der Waals surface area contributed by atoms with E-state index >= 15 is 0 Å². The minimum absolute atomic E-state index is 0.0453. The van der Waals surface area contributed by atoms with Gasteiger partial charge in [-0.3, -0.25) is 4.79 Å². The molecule has 0 spiro atoms. The Balaban J connectivity index is 2.62. The second kappa shape index (κ2) is 5.06. The van der Waals surface area contributed by atoms with Gasteiger partial charge in [0, 0.05) is 25.0 Å². The van der Waals surface area contributed by atoms with Crippen LogP contribution in [0.1, 0.15) is 19.7 Å². The normalized spacial score (nSPS) is 10.7. The Labute approximate surface area is 92.9 Å². The minimum Gasteiger partial charge on any atom is -0.480 e. The zero-order chi connectivity index (χ0) is 11.4. The van der Waals surface area contributed by atoms with Crippen LogP contribution >= 0.6 is 11.5 Å². The molecule has 1 heterocycles. The van der Waals surface area contributed by atoms with Crippen LogP contribution in [0.4, 0.5) is 5.13 Å². The topological polar surface area (TPSA) is 66.3 Å². The van der Waals surface area contributed by atoms with Crippen molar-refractivity contribution in [2.24, 2.45) is 5.92 Å². The van der Waals surface area contributed by atoms with Crippen LogP contribution in [0.3, 0.4) is 0 Å². The molecular weight excluding hydrogens is 214 g/mol. The molecule has 0 atom stereocenters. The first-order chi connectivity index (χ1) is 6.99. The average molecular weight is 229 g/mol. The van der Waals surface area contributed by atoms with E-state index in [9.17, 15) is 4.79 Å². The number of hydrogen-bond donors (Lipinski definition) is 1. The number of likely N-dealkylation sites (N-methyl/N-ethyl adjacent to an activating group) is 1. The zero-order valence-electron chi connectivity index (χ0n) is 9.10. The average Bonchev–Trinajstić information content (AvgIpc) is 2.50. The highest BCUT2D eigenvalue weighted by atomic mass is 32.1. The van der Waals surface area contributed by atoms with Crippen molar-refractivity contribution in [3.8, 4) is 0 Å². The van der Waals surface area contributed by atoms with Crippen LogP contribution < -0.4 is 4.90 Å². The van der Waals surface area contributed by atoms with Gasteiger partial charge in [-0.2, -0.15) is 4.37 Å². The summed E-state index contributed by atoms with van der Waals surface area (Å²) in [5.41, 5.74) is 0. The lowest BCUT2D eigenvalue weighted by Gasteiger charge is -2.10. The summed E-state index contributed by atoms with van der Waals surface area (Å²) in [5.74, 6) is 0.442. The largest absolute Gasteiger partial charge is 0.480 e. The van der Waals surface area contributed by atoms with Crippen LogP contribution in [0.2, 0.25) is 0 Å². The monoisotopic (exact) mass is 229 g/mol. The molecule has 0 aliphatic heterocycles. The molecule has 0 radical (unpaired) electrons. The SMILES string of the molecule is CC(C)Cc1nsc(N(C)CC(=O)O)n1. The van der Waals surface area contributed by atoms with Gasteiger partial charge in [0.25, 0.3) is 0 Å². The highest BCUT2D eigenvalue weighted by Gasteiger charge is 2.11. The predicted molar refractivity (Wildman–Crippen MR) is 59.4 cm³/mol. The number of carboxylic acid groups (broad SMARTS) is 1. The van der Waals surface area contributed by atoms with Gasteiger partial charge in [0.05, 0.1) is 0 Å². The van der Waals surface area contributed by atoms with Crippen molar-refractivity contribution in [2.45, 2.75) is 20.3 Å². The van der Waals surface area contributed by atoms with Gasteiger partial charge in [0.2, 0.25) is 5.13 Å². The summed E-state index contributed by atoms with van der Waals surface area (Å²) in [7, 11) is 1.70. The maximum Gasteiger partial charge on any atom is 0.323 e. The molecule has 0 aliphatic rings. The van der Waals surface area contributed by atoms with Crippen LogP contribution in [0.5, 0.6) is 0 Å². The standard InChI is InChI=1S/C9H15N3O2S/c1-6(2)4-7-10-9(15-11-7)12(3)5-8(13)14/h6H,4-5H2,1-3H3,(H,13,14).